The molecule has 0 aromatic heterocycles. The molecule has 1 aromatic rings. The van der Waals surface area contributed by atoms with Crippen LogP contribution in [0.4, 0.5) is 4.39 Å². The zero-order valence-electron chi connectivity index (χ0n) is 12.8. The molecule has 1 fully saturated rings. The lowest BCUT2D eigenvalue weighted by Crippen LogP contribution is -2.36. The van der Waals surface area contributed by atoms with E-state index in [4.69, 9.17) is 0 Å². The molecule has 0 heterocycles. The molecule has 2 rings (SSSR count). The van der Waals surface area contributed by atoms with Gasteiger partial charge in [0.05, 0.1) is 10.5 Å². The monoisotopic (exact) mass is 328 g/mol. The fourth-order valence-corrected chi connectivity index (χ4v) is 3.49. The highest BCUT2D eigenvalue weighted by atomic mass is 32.2. The highest BCUT2D eigenvalue weighted by molar-refractivity contribution is 7.89. The minimum Gasteiger partial charge on any atom is -0.349 e. The maximum Gasteiger partial charge on any atom is 0.254 e. The number of nitrogens with one attached hydrogen (secondary N) is 1. The van der Waals surface area contributed by atoms with Crippen LogP contribution in [0.2, 0.25) is 0 Å². The van der Waals surface area contributed by atoms with E-state index in [1.165, 1.54) is 20.2 Å². The second-order valence-electron chi connectivity index (χ2n) is 5.74. The molecule has 5 nitrogen and oxygen atoms in total. The van der Waals surface area contributed by atoms with Crippen LogP contribution >= 0.6 is 0 Å². The third-order valence-electron chi connectivity index (χ3n) is 3.90. The molecule has 0 radical (unpaired) electrons. The number of rotatable bonds is 4. The van der Waals surface area contributed by atoms with E-state index in [1.54, 1.807) is 0 Å². The summed E-state index contributed by atoms with van der Waals surface area (Å²) >= 11 is 0. The third kappa shape index (κ3) is 3.64. The normalized spacial score (nSPS) is 16.7. The first kappa shape index (κ1) is 16.9. The summed E-state index contributed by atoms with van der Waals surface area (Å²) in [5.41, 5.74) is -0.228. The number of benzene rings is 1. The van der Waals surface area contributed by atoms with Crippen molar-refractivity contribution in [1.29, 1.82) is 0 Å². The summed E-state index contributed by atoms with van der Waals surface area (Å²) in [6.07, 6.45) is 4.99. The van der Waals surface area contributed by atoms with Crippen molar-refractivity contribution in [3.8, 4) is 0 Å². The van der Waals surface area contributed by atoms with Crippen LogP contribution in [0.5, 0.6) is 0 Å². The Morgan fingerprint density at radius 2 is 1.86 bits per heavy atom. The Kier molecular flexibility index (Phi) is 5.18. The minimum absolute atomic E-state index is 0.0368. The standard InChI is InChI=1S/C15H21FN2O3S/c1-18(2)22(20,21)12-8-9-14(16)13(10-12)15(19)17-11-6-4-3-5-7-11/h8-11H,3-7H2,1-2H3,(H,17,19). The Balaban J connectivity index is 2.24. The molecule has 22 heavy (non-hydrogen) atoms. The van der Waals surface area contributed by atoms with Gasteiger partial charge < -0.3 is 5.32 Å². The average Bonchev–Trinajstić information content (AvgIpc) is 2.48. The van der Waals surface area contributed by atoms with Gasteiger partial charge >= 0.3 is 0 Å². The Bertz CT molecular complexity index is 653. The summed E-state index contributed by atoms with van der Waals surface area (Å²) in [6, 6.07) is 3.33. The molecule has 0 bridgehead atoms. The van der Waals surface area contributed by atoms with E-state index in [0.29, 0.717) is 0 Å². The van der Waals surface area contributed by atoms with Crippen molar-refractivity contribution in [2.45, 2.75) is 43.0 Å². The highest BCUT2D eigenvalue weighted by Crippen LogP contribution is 2.20. The number of hydrogen-bond donors (Lipinski definition) is 1. The van der Waals surface area contributed by atoms with Gasteiger partial charge in [0, 0.05) is 20.1 Å². The van der Waals surface area contributed by atoms with Crippen LogP contribution in [0.3, 0.4) is 0 Å². The van der Waals surface area contributed by atoms with Gasteiger partial charge in [0.1, 0.15) is 5.82 Å². The van der Waals surface area contributed by atoms with Crippen LogP contribution in [0.15, 0.2) is 23.1 Å². The van der Waals surface area contributed by atoms with Gasteiger partial charge in [-0.25, -0.2) is 17.1 Å². The van der Waals surface area contributed by atoms with Gasteiger partial charge in [0.15, 0.2) is 0 Å². The first-order valence-corrected chi connectivity index (χ1v) is 8.79. The SMILES string of the molecule is CN(C)S(=O)(=O)c1ccc(F)c(C(=O)NC2CCCCC2)c1. The molecular weight excluding hydrogens is 307 g/mol. The maximum atomic E-state index is 13.9. The largest absolute Gasteiger partial charge is 0.349 e. The summed E-state index contributed by atoms with van der Waals surface area (Å²) in [7, 11) is -0.917. The molecule has 1 aromatic carbocycles. The van der Waals surface area contributed by atoms with Crippen LogP contribution in [-0.4, -0.2) is 38.8 Å². The van der Waals surface area contributed by atoms with Crippen molar-refractivity contribution >= 4 is 15.9 Å². The van der Waals surface area contributed by atoms with Crippen molar-refractivity contribution < 1.29 is 17.6 Å². The molecule has 122 valence electrons. The maximum absolute atomic E-state index is 13.9. The summed E-state index contributed by atoms with van der Waals surface area (Å²) in [6.45, 7) is 0. The predicted octanol–water partition coefficient (Wildman–Crippen LogP) is 2.14. The van der Waals surface area contributed by atoms with Gasteiger partial charge in [-0.05, 0) is 31.0 Å². The van der Waals surface area contributed by atoms with E-state index in [1.807, 2.05) is 0 Å². The number of nitrogens with zero attached hydrogens (tertiary/aromatic N) is 1. The van der Waals surface area contributed by atoms with Gasteiger partial charge in [0.25, 0.3) is 5.91 Å². The van der Waals surface area contributed by atoms with E-state index < -0.39 is 21.7 Å². The third-order valence-corrected chi connectivity index (χ3v) is 5.71. The lowest BCUT2D eigenvalue weighted by Gasteiger charge is -2.23. The van der Waals surface area contributed by atoms with Crippen molar-refractivity contribution in [1.82, 2.24) is 9.62 Å². The van der Waals surface area contributed by atoms with Crippen molar-refractivity contribution in [3.05, 3.63) is 29.6 Å². The van der Waals surface area contributed by atoms with E-state index >= 15 is 0 Å². The Morgan fingerprint density at radius 1 is 1.23 bits per heavy atom. The fourth-order valence-electron chi connectivity index (χ4n) is 2.56. The number of hydrogen-bond acceptors (Lipinski definition) is 3. The van der Waals surface area contributed by atoms with Gasteiger partial charge in [-0.15, -0.1) is 0 Å². The summed E-state index contributed by atoms with van der Waals surface area (Å²) < 4.78 is 39.1. The number of amides is 1. The van der Waals surface area contributed by atoms with E-state index in [0.717, 1.165) is 48.5 Å². The van der Waals surface area contributed by atoms with E-state index in [2.05, 4.69) is 5.32 Å². The van der Waals surface area contributed by atoms with Crippen molar-refractivity contribution in [2.75, 3.05) is 14.1 Å². The van der Waals surface area contributed by atoms with Gasteiger partial charge in [-0.1, -0.05) is 19.3 Å². The second-order valence-corrected chi connectivity index (χ2v) is 7.89. The molecular formula is C15H21FN2O3S. The van der Waals surface area contributed by atoms with Gasteiger partial charge in [-0.2, -0.15) is 0 Å². The van der Waals surface area contributed by atoms with Gasteiger partial charge in [-0.3, -0.25) is 4.79 Å². The van der Waals surface area contributed by atoms with E-state index in [9.17, 15) is 17.6 Å². The molecule has 7 heteroatoms. The Labute approximate surface area is 130 Å². The number of halogens is 1. The quantitative estimate of drug-likeness (QED) is 0.921. The lowest BCUT2D eigenvalue weighted by molar-refractivity contribution is 0.0923. The van der Waals surface area contributed by atoms with Crippen molar-refractivity contribution in [3.63, 3.8) is 0 Å². The fraction of sp³-hybridized carbons (Fsp3) is 0.533. The molecule has 0 spiro atoms. The molecule has 1 aliphatic carbocycles. The lowest BCUT2D eigenvalue weighted by atomic mass is 9.95. The number of sulfonamides is 1. The molecule has 0 atom stereocenters. The smallest absolute Gasteiger partial charge is 0.254 e. The molecule has 1 amide bonds. The summed E-state index contributed by atoms with van der Waals surface area (Å²) in [4.78, 5) is 12.1. The zero-order valence-corrected chi connectivity index (χ0v) is 13.6. The highest BCUT2D eigenvalue weighted by Gasteiger charge is 2.23. The molecule has 1 saturated carbocycles. The van der Waals surface area contributed by atoms with E-state index in [-0.39, 0.29) is 16.5 Å². The number of carbonyl (C=O) groups excluding carboxylic acids is 1. The molecule has 0 unspecified atom stereocenters. The predicted molar refractivity (Wildman–Crippen MR) is 81.6 cm³/mol. The zero-order chi connectivity index (χ0) is 16.3. The summed E-state index contributed by atoms with van der Waals surface area (Å²) in [5, 5.41) is 2.80. The molecule has 1 N–H and O–H groups in total. The van der Waals surface area contributed by atoms with Crippen LogP contribution < -0.4 is 5.32 Å². The molecule has 1 aliphatic rings. The first-order valence-electron chi connectivity index (χ1n) is 7.35. The minimum atomic E-state index is -3.70. The van der Waals surface area contributed by atoms with Crippen LogP contribution in [0, 0.1) is 5.82 Å². The first-order chi connectivity index (χ1) is 10.3. The Morgan fingerprint density at radius 3 is 2.45 bits per heavy atom. The average molecular weight is 328 g/mol. The van der Waals surface area contributed by atoms with Gasteiger partial charge in [0.2, 0.25) is 10.0 Å². The molecule has 0 aliphatic heterocycles. The molecule has 0 saturated heterocycles. The Hall–Kier alpha value is -1.47. The van der Waals surface area contributed by atoms with Crippen molar-refractivity contribution in [2.24, 2.45) is 0 Å². The van der Waals surface area contributed by atoms with Crippen LogP contribution in [0.25, 0.3) is 0 Å². The van der Waals surface area contributed by atoms with Crippen LogP contribution in [-0.2, 0) is 10.0 Å². The second kappa shape index (κ2) is 6.75. The topological polar surface area (TPSA) is 66.5 Å². The number of carbonyl (C=O) groups is 1. The van der Waals surface area contributed by atoms with Crippen LogP contribution in [0.1, 0.15) is 42.5 Å². The summed E-state index contributed by atoms with van der Waals surface area (Å²) in [5.74, 6) is -1.27.